The van der Waals surface area contributed by atoms with Crippen LogP contribution in [0, 0.1) is 0 Å². The van der Waals surface area contributed by atoms with Crippen LogP contribution in [0.5, 0.6) is 0 Å². The fourth-order valence-corrected chi connectivity index (χ4v) is 5.75. The lowest BCUT2D eigenvalue weighted by Gasteiger charge is -2.11. The number of carbonyl (C=O) groups is 1. The molecular formula is C9H18N2O6S2. The van der Waals surface area contributed by atoms with E-state index in [2.05, 4.69) is 14.8 Å². The number of carbonyl (C=O) groups excluding carboxylic acids is 1. The minimum Gasteiger partial charge on any atom is -0.450 e. The molecule has 0 aromatic rings. The summed E-state index contributed by atoms with van der Waals surface area (Å²) in [4.78, 5) is 10.9. The van der Waals surface area contributed by atoms with E-state index in [-0.39, 0.29) is 37.6 Å². The third-order valence-electron chi connectivity index (χ3n) is 2.60. The number of rotatable bonds is 6. The molecule has 0 spiro atoms. The SMILES string of the molecule is CCOC(=O)NCCNS(=O)(=O)[C@H]1CCS(=O)(=O)C1. The predicted octanol–water partition coefficient (Wildman–Crippen LogP) is -1.16. The lowest BCUT2D eigenvalue weighted by molar-refractivity contribution is 0.152. The van der Waals surface area contributed by atoms with E-state index in [4.69, 9.17) is 0 Å². The maximum absolute atomic E-state index is 11.8. The van der Waals surface area contributed by atoms with Crippen LogP contribution >= 0.6 is 0 Å². The first-order chi connectivity index (χ1) is 8.77. The maximum atomic E-state index is 11.8. The van der Waals surface area contributed by atoms with Gasteiger partial charge in [-0.15, -0.1) is 0 Å². The van der Waals surface area contributed by atoms with Crippen molar-refractivity contribution < 1.29 is 26.4 Å². The third-order valence-corrected chi connectivity index (χ3v) is 6.47. The Morgan fingerprint density at radius 2 is 2.05 bits per heavy atom. The zero-order valence-corrected chi connectivity index (χ0v) is 12.2. The van der Waals surface area contributed by atoms with Crippen molar-refractivity contribution in [3.8, 4) is 0 Å². The standard InChI is InChI=1S/C9H18N2O6S2/c1-2-17-9(12)10-4-5-11-19(15,16)8-3-6-18(13,14)7-8/h8,11H,2-7H2,1H3,(H,10,12)/t8-/m0/s1. The number of amides is 1. The molecule has 0 unspecified atom stereocenters. The van der Waals surface area contributed by atoms with Gasteiger partial charge in [0, 0.05) is 13.1 Å². The summed E-state index contributed by atoms with van der Waals surface area (Å²) in [7, 11) is -6.90. The van der Waals surface area contributed by atoms with Crippen LogP contribution in [-0.2, 0) is 24.6 Å². The third kappa shape index (κ3) is 5.33. The Labute approximate surface area is 112 Å². The zero-order valence-electron chi connectivity index (χ0n) is 10.6. The van der Waals surface area contributed by atoms with Crippen LogP contribution in [0.1, 0.15) is 13.3 Å². The second-order valence-electron chi connectivity index (χ2n) is 4.11. The van der Waals surface area contributed by atoms with E-state index in [9.17, 15) is 21.6 Å². The molecule has 1 aliphatic heterocycles. The van der Waals surface area contributed by atoms with Crippen molar-refractivity contribution in [3.63, 3.8) is 0 Å². The molecule has 0 aliphatic carbocycles. The highest BCUT2D eigenvalue weighted by Crippen LogP contribution is 2.17. The van der Waals surface area contributed by atoms with E-state index >= 15 is 0 Å². The smallest absolute Gasteiger partial charge is 0.407 e. The van der Waals surface area contributed by atoms with Gasteiger partial charge >= 0.3 is 6.09 Å². The number of sulfone groups is 1. The minimum atomic E-state index is -3.66. The molecule has 112 valence electrons. The number of nitrogens with one attached hydrogen (secondary N) is 2. The molecule has 1 heterocycles. The molecule has 10 heteroatoms. The molecule has 1 amide bonds. The van der Waals surface area contributed by atoms with Crippen LogP contribution in [0.3, 0.4) is 0 Å². The Hall–Kier alpha value is -0.870. The van der Waals surface area contributed by atoms with Gasteiger partial charge in [0.25, 0.3) is 0 Å². The van der Waals surface area contributed by atoms with Gasteiger partial charge in [-0.1, -0.05) is 0 Å². The van der Waals surface area contributed by atoms with Crippen molar-refractivity contribution in [2.75, 3.05) is 31.2 Å². The lowest BCUT2D eigenvalue weighted by atomic mass is 10.4. The Balaban J connectivity index is 2.34. The van der Waals surface area contributed by atoms with E-state index < -0.39 is 31.2 Å². The van der Waals surface area contributed by atoms with Crippen molar-refractivity contribution in [2.45, 2.75) is 18.6 Å². The quantitative estimate of drug-likeness (QED) is 0.597. The molecular weight excluding hydrogens is 296 g/mol. The van der Waals surface area contributed by atoms with E-state index in [1.54, 1.807) is 6.92 Å². The van der Waals surface area contributed by atoms with Gasteiger partial charge < -0.3 is 10.1 Å². The maximum Gasteiger partial charge on any atom is 0.407 e. The number of sulfonamides is 1. The van der Waals surface area contributed by atoms with Gasteiger partial charge in [0.05, 0.1) is 23.4 Å². The first-order valence-electron chi connectivity index (χ1n) is 5.86. The number of hydrogen-bond acceptors (Lipinski definition) is 6. The van der Waals surface area contributed by atoms with Crippen molar-refractivity contribution >= 4 is 26.0 Å². The largest absolute Gasteiger partial charge is 0.450 e. The van der Waals surface area contributed by atoms with E-state index in [1.165, 1.54) is 0 Å². The topological polar surface area (TPSA) is 119 Å². The van der Waals surface area contributed by atoms with Gasteiger partial charge in [-0.3, -0.25) is 0 Å². The van der Waals surface area contributed by atoms with Gasteiger partial charge in [0.1, 0.15) is 0 Å². The lowest BCUT2D eigenvalue weighted by Crippen LogP contribution is -2.40. The molecule has 1 aliphatic rings. The summed E-state index contributed by atoms with van der Waals surface area (Å²) in [5.74, 6) is -0.437. The van der Waals surface area contributed by atoms with Gasteiger partial charge in [0.15, 0.2) is 9.84 Å². The summed E-state index contributed by atoms with van der Waals surface area (Å²) in [6.45, 7) is 1.97. The van der Waals surface area contributed by atoms with Crippen molar-refractivity contribution in [1.29, 1.82) is 0 Å². The van der Waals surface area contributed by atoms with Crippen LogP contribution in [0.15, 0.2) is 0 Å². The van der Waals surface area contributed by atoms with Gasteiger partial charge in [-0.05, 0) is 13.3 Å². The molecule has 19 heavy (non-hydrogen) atoms. The molecule has 1 fully saturated rings. The Morgan fingerprint density at radius 1 is 1.37 bits per heavy atom. The first-order valence-corrected chi connectivity index (χ1v) is 9.23. The van der Waals surface area contributed by atoms with Gasteiger partial charge in [0.2, 0.25) is 10.0 Å². The van der Waals surface area contributed by atoms with Crippen LogP contribution in [0.4, 0.5) is 4.79 Å². The zero-order chi connectivity index (χ0) is 14.5. The normalized spacial score (nSPS) is 22.1. The summed E-state index contributed by atoms with van der Waals surface area (Å²) in [5, 5.41) is 1.45. The number of alkyl carbamates (subject to hydrolysis) is 1. The highest BCUT2D eigenvalue weighted by atomic mass is 32.2. The Kier molecular flexibility index (Phi) is 5.56. The van der Waals surface area contributed by atoms with E-state index in [1.807, 2.05) is 0 Å². The fourth-order valence-electron chi connectivity index (χ4n) is 1.66. The second-order valence-corrected chi connectivity index (χ2v) is 8.39. The van der Waals surface area contributed by atoms with Gasteiger partial charge in [-0.25, -0.2) is 26.4 Å². The van der Waals surface area contributed by atoms with Gasteiger partial charge in [-0.2, -0.15) is 0 Å². The Bertz CT molecular complexity index is 513. The van der Waals surface area contributed by atoms with Crippen LogP contribution in [0.25, 0.3) is 0 Å². The summed E-state index contributed by atoms with van der Waals surface area (Å²) < 4.78 is 52.8. The average molecular weight is 314 g/mol. The predicted molar refractivity (Wildman–Crippen MR) is 69.0 cm³/mol. The number of ether oxygens (including phenoxy) is 1. The van der Waals surface area contributed by atoms with Crippen LogP contribution in [0.2, 0.25) is 0 Å². The second kappa shape index (κ2) is 6.53. The average Bonchev–Trinajstić information content (AvgIpc) is 2.66. The van der Waals surface area contributed by atoms with Crippen LogP contribution in [-0.4, -0.2) is 59.4 Å². The molecule has 0 aromatic carbocycles. The van der Waals surface area contributed by atoms with Crippen LogP contribution < -0.4 is 10.0 Å². The summed E-state index contributed by atoms with van der Waals surface area (Å²) in [6.07, 6.45) is -0.506. The first kappa shape index (κ1) is 16.2. The highest BCUT2D eigenvalue weighted by Gasteiger charge is 2.36. The highest BCUT2D eigenvalue weighted by molar-refractivity contribution is 7.95. The summed E-state index contributed by atoms with van der Waals surface area (Å²) >= 11 is 0. The van der Waals surface area contributed by atoms with Crippen molar-refractivity contribution in [2.24, 2.45) is 0 Å². The summed E-state index contributed by atoms with van der Waals surface area (Å²) in [5.41, 5.74) is 0. The summed E-state index contributed by atoms with van der Waals surface area (Å²) in [6, 6.07) is 0. The van der Waals surface area contributed by atoms with Crippen molar-refractivity contribution in [3.05, 3.63) is 0 Å². The molecule has 2 N–H and O–H groups in total. The molecule has 0 saturated carbocycles. The molecule has 8 nitrogen and oxygen atoms in total. The molecule has 0 aromatic heterocycles. The fraction of sp³-hybridized carbons (Fsp3) is 0.889. The molecule has 1 rings (SSSR count). The van der Waals surface area contributed by atoms with E-state index in [0.29, 0.717) is 0 Å². The molecule has 1 saturated heterocycles. The number of hydrogen-bond donors (Lipinski definition) is 2. The molecule has 1 atom stereocenters. The molecule has 0 bridgehead atoms. The monoisotopic (exact) mass is 314 g/mol. The van der Waals surface area contributed by atoms with Crippen molar-refractivity contribution in [1.82, 2.24) is 10.0 Å². The molecule has 0 radical (unpaired) electrons. The minimum absolute atomic E-state index is 0.00229. The Morgan fingerprint density at radius 3 is 2.58 bits per heavy atom. The van der Waals surface area contributed by atoms with E-state index in [0.717, 1.165) is 0 Å².